The van der Waals surface area contributed by atoms with Crippen LogP contribution in [0.4, 0.5) is 0 Å². The van der Waals surface area contributed by atoms with E-state index in [0.29, 0.717) is 0 Å². The molecule has 0 N–H and O–H groups in total. The van der Waals surface area contributed by atoms with Gasteiger partial charge in [0.25, 0.3) is 0 Å². The third-order valence-corrected chi connectivity index (χ3v) is 13.7. The maximum absolute atomic E-state index is 2.43. The second-order valence-electron chi connectivity index (χ2n) is 3.36. The van der Waals surface area contributed by atoms with E-state index in [2.05, 4.69) is 39.5 Å². The fourth-order valence-electron chi connectivity index (χ4n) is 2.24. The van der Waals surface area contributed by atoms with Crippen LogP contribution in [-0.2, 0) is 0 Å². The van der Waals surface area contributed by atoms with Gasteiger partial charge < -0.3 is 0 Å². The number of rotatable bonds is 2. The third kappa shape index (κ3) is 0.963. The Morgan fingerprint density at radius 3 is 1.60 bits per heavy atom. The normalized spacial score (nSPS) is 37.2. The van der Waals surface area contributed by atoms with Crippen molar-refractivity contribution in [2.75, 3.05) is 0 Å². The molecular formula is C8H18SSi. The number of thioether (sulfide) groups is 1. The highest BCUT2D eigenvalue weighted by molar-refractivity contribution is 8.08. The van der Waals surface area contributed by atoms with Crippen molar-refractivity contribution in [2.45, 2.75) is 49.5 Å². The van der Waals surface area contributed by atoms with Crippen LogP contribution < -0.4 is 0 Å². The van der Waals surface area contributed by atoms with Crippen LogP contribution in [0.25, 0.3) is 0 Å². The summed E-state index contributed by atoms with van der Waals surface area (Å²) in [6, 6.07) is 3.00. The standard InChI is InChI=1S/C8H18SSi/c1-5-10(6-2)7(3)9-8(10)4/h7-8H,5-6H2,1-4H3/t7-,8-/m0/s1. The summed E-state index contributed by atoms with van der Waals surface area (Å²) in [5, 5.41) is 0. The molecule has 0 aliphatic carbocycles. The monoisotopic (exact) mass is 174 g/mol. The van der Waals surface area contributed by atoms with E-state index in [1.807, 2.05) is 0 Å². The van der Waals surface area contributed by atoms with Crippen molar-refractivity contribution < 1.29 is 0 Å². The topological polar surface area (TPSA) is 0 Å². The zero-order valence-electron chi connectivity index (χ0n) is 7.48. The van der Waals surface area contributed by atoms with E-state index < -0.39 is 8.07 Å². The molecule has 0 unspecified atom stereocenters. The lowest BCUT2D eigenvalue weighted by Gasteiger charge is -2.51. The maximum atomic E-state index is 2.43. The quantitative estimate of drug-likeness (QED) is 0.580. The summed E-state index contributed by atoms with van der Waals surface area (Å²) in [7, 11) is -0.735. The SMILES string of the molecule is CC[Si]1(CC)[C@@H](C)S[C@@H]1C. The molecule has 1 heterocycles. The van der Waals surface area contributed by atoms with Crippen molar-refractivity contribution in [1.29, 1.82) is 0 Å². The minimum absolute atomic E-state index is 0.735. The molecule has 0 bridgehead atoms. The molecule has 1 aliphatic heterocycles. The summed E-state index contributed by atoms with van der Waals surface area (Å²) in [6.07, 6.45) is 0. The molecule has 2 heteroatoms. The van der Waals surface area contributed by atoms with E-state index in [4.69, 9.17) is 0 Å². The van der Waals surface area contributed by atoms with Gasteiger partial charge in [0.05, 0.1) is 8.07 Å². The fourth-order valence-corrected chi connectivity index (χ4v) is 11.9. The molecule has 0 amide bonds. The van der Waals surface area contributed by atoms with Crippen LogP contribution >= 0.6 is 11.8 Å². The Kier molecular flexibility index (Phi) is 2.51. The first-order chi connectivity index (χ1) is 4.67. The average molecular weight is 174 g/mol. The molecule has 0 saturated carbocycles. The molecule has 0 radical (unpaired) electrons. The first-order valence-electron chi connectivity index (χ1n) is 4.32. The Balaban J connectivity index is 2.61. The second-order valence-corrected chi connectivity index (χ2v) is 11.5. The molecular weight excluding hydrogens is 156 g/mol. The Morgan fingerprint density at radius 1 is 1.10 bits per heavy atom. The van der Waals surface area contributed by atoms with Gasteiger partial charge >= 0.3 is 0 Å². The lowest BCUT2D eigenvalue weighted by Crippen LogP contribution is -2.60. The van der Waals surface area contributed by atoms with Crippen LogP contribution in [0, 0.1) is 0 Å². The highest BCUT2D eigenvalue weighted by atomic mass is 32.2. The molecule has 0 nitrogen and oxygen atoms in total. The molecule has 0 aromatic rings. The Bertz CT molecular complexity index is 110. The second kappa shape index (κ2) is 2.90. The van der Waals surface area contributed by atoms with Crippen LogP contribution in [0.3, 0.4) is 0 Å². The van der Waals surface area contributed by atoms with Gasteiger partial charge in [-0.15, -0.1) is 0 Å². The summed E-state index contributed by atoms with van der Waals surface area (Å²) < 4.78 is 0. The van der Waals surface area contributed by atoms with Gasteiger partial charge in [-0.1, -0.05) is 39.8 Å². The minimum atomic E-state index is -0.735. The third-order valence-electron chi connectivity index (χ3n) is 3.34. The molecule has 0 spiro atoms. The predicted molar refractivity (Wildman–Crippen MR) is 53.2 cm³/mol. The first-order valence-corrected chi connectivity index (χ1v) is 7.84. The molecule has 0 aromatic carbocycles. The van der Waals surface area contributed by atoms with Gasteiger partial charge in [0, 0.05) is 0 Å². The highest BCUT2D eigenvalue weighted by Gasteiger charge is 2.50. The Hall–Kier alpha value is 0.567. The van der Waals surface area contributed by atoms with Gasteiger partial charge in [-0.3, -0.25) is 0 Å². The van der Waals surface area contributed by atoms with E-state index in [1.165, 1.54) is 12.1 Å². The van der Waals surface area contributed by atoms with E-state index in [0.717, 1.165) is 9.75 Å². The van der Waals surface area contributed by atoms with Gasteiger partial charge in [-0.2, -0.15) is 11.8 Å². The molecule has 1 saturated heterocycles. The van der Waals surface area contributed by atoms with Crippen LogP contribution in [-0.4, -0.2) is 17.8 Å². The van der Waals surface area contributed by atoms with Crippen LogP contribution in [0.15, 0.2) is 0 Å². The largest absolute Gasteiger partial charge is 0.162 e. The molecule has 2 atom stereocenters. The van der Waals surface area contributed by atoms with Gasteiger partial charge in [0.15, 0.2) is 0 Å². The Labute approximate surface area is 69.8 Å². The van der Waals surface area contributed by atoms with Crippen LogP contribution in [0.1, 0.15) is 27.7 Å². The van der Waals surface area contributed by atoms with Crippen molar-refractivity contribution >= 4 is 19.8 Å². The number of hydrogen-bond acceptors (Lipinski definition) is 1. The van der Waals surface area contributed by atoms with Crippen molar-refractivity contribution in [2.24, 2.45) is 0 Å². The molecule has 1 rings (SSSR count). The van der Waals surface area contributed by atoms with E-state index in [-0.39, 0.29) is 0 Å². The van der Waals surface area contributed by atoms with Crippen molar-refractivity contribution in [3.8, 4) is 0 Å². The summed E-state index contributed by atoms with van der Waals surface area (Å²) in [5.41, 5.74) is 0. The molecule has 1 aliphatic rings. The fraction of sp³-hybridized carbons (Fsp3) is 1.00. The highest BCUT2D eigenvalue weighted by Crippen LogP contribution is 2.47. The van der Waals surface area contributed by atoms with Crippen LogP contribution in [0.5, 0.6) is 0 Å². The molecule has 60 valence electrons. The lowest BCUT2D eigenvalue weighted by atomic mass is 10.9. The first kappa shape index (κ1) is 8.66. The summed E-state index contributed by atoms with van der Waals surface area (Å²) >= 11 is 2.20. The summed E-state index contributed by atoms with van der Waals surface area (Å²) in [5.74, 6) is 0. The van der Waals surface area contributed by atoms with E-state index in [9.17, 15) is 0 Å². The van der Waals surface area contributed by atoms with Gasteiger partial charge in [-0.05, 0) is 9.75 Å². The van der Waals surface area contributed by atoms with E-state index >= 15 is 0 Å². The minimum Gasteiger partial charge on any atom is -0.162 e. The summed E-state index contributed by atoms with van der Waals surface area (Å²) in [6.45, 7) is 9.65. The number of hydrogen-bond donors (Lipinski definition) is 0. The smallest absolute Gasteiger partial charge is 0.0803 e. The van der Waals surface area contributed by atoms with Crippen LogP contribution in [0.2, 0.25) is 12.1 Å². The molecule has 1 fully saturated rings. The zero-order chi connectivity index (χ0) is 7.78. The molecule has 0 aromatic heterocycles. The average Bonchev–Trinajstić information content (AvgIpc) is 1.91. The zero-order valence-corrected chi connectivity index (χ0v) is 9.29. The lowest BCUT2D eigenvalue weighted by molar-refractivity contribution is 1.02. The van der Waals surface area contributed by atoms with Crippen molar-refractivity contribution in [1.82, 2.24) is 0 Å². The van der Waals surface area contributed by atoms with Gasteiger partial charge in [0.2, 0.25) is 0 Å². The molecule has 10 heavy (non-hydrogen) atoms. The van der Waals surface area contributed by atoms with Gasteiger partial charge in [-0.25, -0.2) is 0 Å². The Morgan fingerprint density at radius 2 is 1.50 bits per heavy atom. The maximum Gasteiger partial charge on any atom is 0.0803 e. The van der Waals surface area contributed by atoms with E-state index in [1.54, 1.807) is 0 Å². The predicted octanol–water partition coefficient (Wildman–Crippen LogP) is 3.08. The van der Waals surface area contributed by atoms with Gasteiger partial charge in [0.1, 0.15) is 0 Å². The van der Waals surface area contributed by atoms with Crippen molar-refractivity contribution in [3.63, 3.8) is 0 Å². The van der Waals surface area contributed by atoms with Crippen molar-refractivity contribution in [3.05, 3.63) is 0 Å². The summed E-state index contributed by atoms with van der Waals surface area (Å²) in [4.78, 5) is 2.08.